The van der Waals surface area contributed by atoms with E-state index in [0.29, 0.717) is 17.1 Å². The van der Waals surface area contributed by atoms with E-state index in [4.69, 9.17) is 23.2 Å². The number of hydrogen-bond acceptors (Lipinski definition) is 3. The average Bonchev–Trinajstić information content (AvgIpc) is 2.64. The van der Waals surface area contributed by atoms with Crippen LogP contribution in [0.4, 0.5) is 0 Å². The molecular formula is C7H9Cl2N3. The van der Waals surface area contributed by atoms with Crippen LogP contribution in [0.15, 0.2) is 9.98 Å². The summed E-state index contributed by atoms with van der Waals surface area (Å²) in [5.74, 6) is 2.10. The highest BCUT2D eigenvalue weighted by Gasteiger charge is 2.38. The summed E-state index contributed by atoms with van der Waals surface area (Å²) in [6, 6.07) is 0. The lowest BCUT2D eigenvalue weighted by molar-refractivity contribution is 0.860. The first kappa shape index (κ1) is 8.32. The standard InChI is InChI=1S/C7H9Cl2N3/c1-3-2-4(3)5-10-6(8)12-7(9)11-5/h3-4,6H,2H2,1H3,(H,10,11,12). The van der Waals surface area contributed by atoms with Gasteiger partial charge in [-0.25, -0.2) is 9.98 Å². The van der Waals surface area contributed by atoms with Gasteiger partial charge in [0.15, 0.2) is 5.29 Å². The van der Waals surface area contributed by atoms with Crippen LogP contribution in [0.3, 0.4) is 0 Å². The molecule has 0 spiro atoms. The van der Waals surface area contributed by atoms with E-state index in [2.05, 4.69) is 22.2 Å². The van der Waals surface area contributed by atoms with Crippen molar-refractivity contribution in [1.29, 1.82) is 0 Å². The maximum atomic E-state index is 5.73. The summed E-state index contributed by atoms with van der Waals surface area (Å²) in [5, 5.41) is 3.27. The van der Waals surface area contributed by atoms with Crippen LogP contribution in [0, 0.1) is 11.8 Å². The van der Waals surface area contributed by atoms with Crippen molar-refractivity contribution in [3.05, 3.63) is 0 Å². The highest BCUT2D eigenvalue weighted by atomic mass is 35.5. The molecule has 1 N–H and O–H groups in total. The van der Waals surface area contributed by atoms with Crippen LogP contribution in [-0.2, 0) is 0 Å². The highest BCUT2D eigenvalue weighted by molar-refractivity contribution is 6.66. The van der Waals surface area contributed by atoms with E-state index in [1.807, 2.05) is 0 Å². The van der Waals surface area contributed by atoms with Crippen molar-refractivity contribution in [3.63, 3.8) is 0 Å². The molecule has 0 radical (unpaired) electrons. The molecule has 3 atom stereocenters. The van der Waals surface area contributed by atoms with Crippen molar-refractivity contribution in [1.82, 2.24) is 5.32 Å². The SMILES string of the molecule is CC1CC1C1=NC(Cl)N=C(Cl)N1. The molecule has 5 heteroatoms. The van der Waals surface area contributed by atoms with Gasteiger partial charge in [0, 0.05) is 5.92 Å². The van der Waals surface area contributed by atoms with Crippen molar-refractivity contribution in [2.45, 2.75) is 19.0 Å². The molecule has 1 saturated carbocycles. The third kappa shape index (κ3) is 1.57. The molecule has 0 aromatic heterocycles. The fourth-order valence-electron chi connectivity index (χ4n) is 1.30. The van der Waals surface area contributed by atoms with E-state index in [-0.39, 0.29) is 0 Å². The van der Waals surface area contributed by atoms with Crippen LogP contribution in [0.25, 0.3) is 0 Å². The summed E-state index contributed by atoms with van der Waals surface area (Å²) < 4.78 is 0. The first-order valence-corrected chi connectivity index (χ1v) is 4.70. The molecule has 66 valence electrons. The molecular weight excluding hydrogens is 197 g/mol. The smallest absolute Gasteiger partial charge is 0.219 e. The Morgan fingerprint density at radius 3 is 2.67 bits per heavy atom. The topological polar surface area (TPSA) is 36.8 Å². The van der Waals surface area contributed by atoms with Gasteiger partial charge in [0.2, 0.25) is 5.62 Å². The van der Waals surface area contributed by atoms with Crippen molar-refractivity contribution in [3.8, 4) is 0 Å². The van der Waals surface area contributed by atoms with Crippen LogP contribution in [0.2, 0.25) is 0 Å². The second-order valence-corrected chi connectivity index (χ2v) is 3.94. The molecule has 0 aromatic rings. The van der Waals surface area contributed by atoms with Gasteiger partial charge in [-0.3, -0.25) is 0 Å². The van der Waals surface area contributed by atoms with E-state index < -0.39 is 5.62 Å². The van der Waals surface area contributed by atoms with Crippen LogP contribution in [0.5, 0.6) is 0 Å². The van der Waals surface area contributed by atoms with Crippen LogP contribution < -0.4 is 5.32 Å². The van der Waals surface area contributed by atoms with Gasteiger partial charge in [0.05, 0.1) is 0 Å². The van der Waals surface area contributed by atoms with Gasteiger partial charge in [-0.05, 0) is 23.9 Å². The van der Waals surface area contributed by atoms with Gasteiger partial charge in [0.25, 0.3) is 0 Å². The molecule has 0 aromatic carbocycles. The van der Waals surface area contributed by atoms with Crippen LogP contribution >= 0.6 is 23.2 Å². The van der Waals surface area contributed by atoms with Crippen LogP contribution in [0.1, 0.15) is 13.3 Å². The maximum absolute atomic E-state index is 5.73. The summed E-state index contributed by atoms with van der Waals surface area (Å²) in [4.78, 5) is 7.96. The van der Waals surface area contributed by atoms with E-state index in [1.165, 1.54) is 6.42 Å². The fourth-order valence-corrected chi connectivity index (χ4v) is 1.74. The Bertz CT molecular complexity index is 261. The lowest BCUT2D eigenvalue weighted by Crippen LogP contribution is -2.33. The third-order valence-corrected chi connectivity index (χ3v) is 2.54. The molecule has 1 aliphatic heterocycles. The second-order valence-electron chi connectivity index (χ2n) is 3.19. The number of nitrogens with zero attached hydrogens (tertiary/aromatic N) is 2. The van der Waals surface area contributed by atoms with Crippen molar-refractivity contribution < 1.29 is 0 Å². The molecule has 1 heterocycles. The first-order chi connectivity index (χ1) is 5.66. The normalized spacial score (nSPS) is 39.8. The van der Waals surface area contributed by atoms with Gasteiger partial charge in [-0.1, -0.05) is 18.5 Å². The Morgan fingerprint density at radius 1 is 1.50 bits per heavy atom. The lowest BCUT2D eigenvalue weighted by atomic mass is 10.3. The zero-order valence-electron chi connectivity index (χ0n) is 6.59. The molecule has 1 aliphatic carbocycles. The minimum Gasteiger partial charge on any atom is -0.319 e. The Balaban J connectivity index is 2.08. The Labute approximate surface area is 80.9 Å². The highest BCUT2D eigenvalue weighted by Crippen LogP contribution is 2.39. The minimum absolute atomic E-state index is 0.346. The van der Waals surface area contributed by atoms with E-state index in [0.717, 1.165) is 5.84 Å². The first-order valence-electron chi connectivity index (χ1n) is 3.89. The summed E-state index contributed by atoms with van der Waals surface area (Å²) in [6.45, 7) is 2.18. The molecule has 3 unspecified atom stereocenters. The largest absolute Gasteiger partial charge is 0.319 e. The van der Waals surface area contributed by atoms with Crippen molar-refractivity contribution >= 4 is 34.3 Å². The Hall–Kier alpha value is -0.280. The molecule has 2 aliphatic rings. The number of hydrogen-bond donors (Lipinski definition) is 1. The molecule has 0 saturated heterocycles. The predicted octanol–water partition coefficient (Wildman–Crippen LogP) is 1.76. The van der Waals surface area contributed by atoms with Crippen molar-refractivity contribution in [2.24, 2.45) is 21.8 Å². The van der Waals surface area contributed by atoms with E-state index in [9.17, 15) is 0 Å². The monoisotopic (exact) mass is 205 g/mol. The van der Waals surface area contributed by atoms with Crippen molar-refractivity contribution in [2.75, 3.05) is 0 Å². The summed E-state index contributed by atoms with van der Waals surface area (Å²) in [7, 11) is 0. The quantitative estimate of drug-likeness (QED) is 0.515. The van der Waals surface area contributed by atoms with Gasteiger partial charge in [0.1, 0.15) is 5.84 Å². The lowest BCUT2D eigenvalue weighted by Gasteiger charge is -2.14. The summed E-state index contributed by atoms with van der Waals surface area (Å²) in [5.41, 5.74) is -0.540. The molecule has 3 nitrogen and oxygen atoms in total. The number of alkyl halides is 1. The number of halogens is 2. The third-order valence-electron chi connectivity index (χ3n) is 2.16. The van der Waals surface area contributed by atoms with Gasteiger partial charge in [-0.15, -0.1) is 0 Å². The predicted molar refractivity (Wildman–Crippen MR) is 50.8 cm³/mol. The Kier molecular flexibility index (Phi) is 2.00. The summed E-state index contributed by atoms with van der Waals surface area (Å²) in [6.07, 6.45) is 1.17. The van der Waals surface area contributed by atoms with Gasteiger partial charge < -0.3 is 5.32 Å². The van der Waals surface area contributed by atoms with E-state index >= 15 is 0 Å². The molecule has 2 rings (SSSR count). The minimum atomic E-state index is -0.540. The molecule has 1 fully saturated rings. The fraction of sp³-hybridized carbons (Fsp3) is 0.714. The van der Waals surface area contributed by atoms with Gasteiger partial charge >= 0.3 is 0 Å². The average molecular weight is 206 g/mol. The van der Waals surface area contributed by atoms with Crippen LogP contribution in [-0.4, -0.2) is 16.8 Å². The summed E-state index contributed by atoms with van der Waals surface area (Å²) >= 11 is 11.4. The molecule has 0 amide bonds. The zero-order valence-corrected chi connectivity index (χ0v) is 8.10. The zero-order chi connectivity index (χ0) is 8.72. The van der Waals surface area contributed by atoms with Gasteiger partial charge in [-0.2, -0.15) is 0 Å². The molecule has 12 heavy (non-hydrogen) atoms. The number of nitrogens with one attached hydrogen (secondary N) is 1. The second kappa shape index (κ2) is 2.89. The maximum Gasteiger partial charge on any atom is 0.219 e. The number of aliphatic imine (C=N–C) groups is 2. The number of amidine groups is 2. The Morgan fingerprint density at radius 2 is 2.17 bits per heavy atom. The van der Waals surface area contributed by atoms with E-state index in [1.54, 1.807) is 0 Å². The molecule has 0 bridgehead atoms. The number of rotatable bonds is 1.